The second-order valence-electron chi connectivity index (χ2n) is 5.06. The van der Waals surface area contributed by atoms with Crippen molar-refractivity contribution in [2.75, 3.05) is 16.9 Å². The molecule has 0 aromatic heterocycles. The zero-order valence-corrected chi connectivity index (χ0v) is 14.6. The molecular weight excluding hydrogens is 314 g/mol. The first-order valence-corrected chi connectivity index (χ1v) is 7.97. The molecule has 0 aliphatic heterocycles. The molecule has 0 aliphatic carbocycles. The van der Waals surface area contributed by atoms with Gasteiger partial charge in [-0.1, -0.05) is 35.4 Å². The van der Waals surface area contributed by atoms with Crippen LogP contribution in [0.5, 0.6) is 0 Å². The molecule has 0 heterocycles. The topological polar surface area (TPSA) is 27.3 Å². The van der Waals surface area contributed by atoms with E-state index in [1.165, 1.54) is 5.56 Å². The molecule has 2 aromatic carbocycles. The van der Waals surface area contributed by atoms with Gasteiger partial charge < -0.3 is 5.32 Å². The number of rotatable bonds is 4. The van der Waals surface area contributed by atoms with Crippen LogP contribution in [0.2, 0.25) is 5.02 Å². The van der Waals surface area contributed by atoms with E-state index in [0.717, 1.165) is 28.5 Å². The molecule has 0 radical (unpaired) electrons. The number of aryl methyl sites for hydroxylation is 1. The molecule has 2 rings (SSSR count). The standard InChI is InChI=1S/C17H20ClN3S/c1-4-21(14-10-8-12(2)9-11-14)20-17(22)19-16-7-5-6-15(18)13(16)3/h5-11H,4H2,1-3H3,(H2,19,20,22). The molecule has 0 unspecified atom stereocenters. The summed E-state index contributed by atoms with van der Waals surface area (Å²) >= 11 is 11.5. The predicted octanol–water partition coefficient (Wildman–Crippen LogP) is 4.68. The fourth-order valence-corrected chi connectivity index (χ4v) is 2.46. The minimum Gasteiger partial charge on any atom is -0.331 e. The summed E-state index contributed by atoms with van der Waals surface area (Å²) in [7, 11) is 0. The summed E-state index contributed by atoms with van der Waals surface area (Å²) in [6.45, 7) is 6.89. The quantitative estimate of drug-likeness (QED) is 0.627. The van der Waals surface area contributed by atoms with Gasteiger partial charge in [0.15, 0.2) is 5.11 Å². The van der Waals surface area contributed by atoms with Crippen molar-refractivity contribution >= 4 is 40.3 Å². The summed E-state index contributed by atoms with van der Waals surface area (Å²) < 4.78 is 0. The number of hydrazine groups is 1. The molecule has 0 saturated carbocycles. The lowest BCUT2D eigenvalue weighted by Crippen LogP contribution is -2.44. The highest BCUT2D eigenvalue weighted by Gasteiger charge is 2.08. The van der Waals surface area contributed by atoms with E-state index in [1.54, 1.807) is 0 Å². The maximum atomic E-state index is 6.13. The lowest BCUT2D eigenvalue weighted by molar-refractivity contribution is 0.800. The van der Waals surface area contributed by atoms with Crippen molar-refractivity contribution in [2.24, 2.45) is 0 Å². The Bertz CT molecular complexity index is 655. The molecule has 22 heavy (non-hydrogen) atoms. The predicted molar refractivity (Wildman–Crippen MR) is 99.7 cm³/mol. The van der Waals surface area contributed by atoms with E-state index in [4.69, 9.17) is 23.8 Å². The average molecular weight is 334 g/mol. The van der Waals surface area contributed by atoms with E-state index in [1.807, 2.05) is 30.1 Å². The highest BCUT2D eigenvalue weighted by Crippen LogP contribution is 2.23. The average Bonchev–Trinajstić information content (AvgIpc) is 2.50. The van der Waals surface area contributed by atoms with Gasteiger partial charge in [-0.3, -0.25) is 10.4 Å². The first kappa shape index (κ1) is 16.6. The van der Waals surface area contributed by atoms with Gasteiger partial charge in [0.05, 0.1) is 5.69 Å². The van der Waals surface area contributed by atoms with Gasteiger partial charge in [0.25, 0.3) is 0 Å². The highest BCUT2D eigenvalue weighted by molar-refractivity contribution is 7.80. The summed E-state index contributed by atoms with van der Waals surface area (Å²) in [6.07, 6.45) is 0. The molecule has 2 aromatic rings. The number of benzene rings is 2. The first-order chi connectivity index (χ1) is 10.5. The van der Waals surface area contributed by atoms with Gasteiger partial charge in [0.2, 0.25) is 0 Å². The number of anilines is 2. The van der Waals surface area contributed by atoms with E-state index in [-0.39, 0.29) is 0 Å². The molecule has 0 aliphatic rings. The number of halogens is 1. The number of nitrogens with one attached hydrogen (secondary N) is 2. The molecule has 0 fully saturated rings. The molecule has 0 amide bonds. The third kappa shape index (κ3) is 4.12. The molecule has 116 valence electrons. The number of hydrogen-bond donors (Lipinski definition) is 2. The van der Waals surface area contributed by atoms with Crippen LogP contribution in [0.3, 0.4) is 0 Å². The van der Waals surface area contributed by atoms with Gasteiger partial charge in [-0.2, -0.15) is 0 Å². The van der Waals surface area contributed by atoms with Crippen molar-refractivity contribution in [3.8, 4) is 0 Å². The van der Waals surface area contributed by atoms with Crippen LogP contribution in [0.4, 0.5) is 11.4 Å². The Kier molecular flexibility index (Phi) is 5.63. The summed E-state index contributed by atoms with van der Waals surface area (Å²) in [5.41, 5.74) is 7.40. The van der Waals surface area contributed by atoms with E-state index in [9.17, 15) is 0 Å². The van der Waals surface area contributed by atoms with Crippen LogP contribution >= 0.6 is 23.8 Å². The third-order valence-electron chi connectivity index (χ3n) is 3.41. The molecule has 5 heteroatoms. The van der Waals surface area contributed by atoms with E-state index in [0.29, 0.717) is 5.11 Å². The summed E-state index contributed by atoms with van der Waals surface area (Å²) in [5.74, 6) is 0. The van der Waals surface area contributed by atoms with Gasteiger partial charge in [-0.05, 0) is 62.8 Å². The van der Waals surface area contributed by atoms with Crippen molar-refractivity contribution in [1.82, 2.24) is 5.43 Å². The Morgan fingerprint density at radius 2 is 1.82 bits per heavy atom. The van der Waals surface area contributed by atoms with Crippen LogP contribution < -0.4 is 15.8 Å². The molecule has 0 atom stereocenters. The largest absolute Gasteiger partial charge is 0.331 e. The van der Waals surface area contributed by atoms with E-state index >= 15 is 0 Å². The van der Waals surface area contributed by atoms with Gasteiger partial charge >= 0.3 is 0 Å². The summed E-state index contributed by atoms with van der Waals surface area (Å²) in [6, 6.07) is 14.0. The number of hydrogen-bond acceptors (Lipinski definition) is 2. The van der Waals surface area contributed by atoms with E-state index in [2.05, 4.69) is 48.9 Å². The Labute approximate surface area is 142 Å². The van der Waals surface area contributed by atoms with Crippen molar-refractivity contribution in [3.05, 3.63) is 58.6 Å². The fraction of sp³-hybridized carbons (Fsp3) is 0.235. The first-order valence-electron chi connectivity index (χ1n) is 7.18. The number of thiocarbonyl (C=S) groups is 1. The SMILES string of the molecule is CCN(NC(=S)Nc1cccc(Cl)c1C)c1ccc(C)cc1. The smallest absolute Gasteiger partial charge is 0.189 e. The second kappa shape index (κ2) is 7.47. The lowest BCUT2D eigenvalue weighted by Gasteiger charge is -2.26. The van der Waals surface area contributed by atoms with Crippen LogP contribution in [-0.2, 0) is 0 Å². The minimum atomic E-state index is 0.535. The summed E-state index contributed by atoms with van der Waals surface area (Å²) in [4.78, 5) is 0. The van der Waals surface area contributed by atoms with Crippen molar-refractivity contribution < 1.29 is 0 Å². The van der Waals surface area contributed by atoms with Crippen LogP contribution in [0.25, 0.3) is 0 Å². The van der Waals surface area contributed by atoms with Crippen molar-refractivity contribution in [1.29, 1.82) is 0 Å². The van der Waals surface area contributed by atoms with Crippen molar-refractivity contribution in [3.63, 3.8) is 0 Å². The Morgan fingerprint density at radius 3 is 2.45 bits per heavy atom. The van der Waals surface area contributed by atoms with Crippen LogP contribution in [0, 0.1) is 13.8 Å². The molecule has 0 saturated heterocycles. The van der Waals surface area contributed by atoms with Crippen LogP contribution in [0.1, 0.15) is 18.1 Å². The van der Waals surface area contributed by atoms with Crippen LogP contribution in [0.15, 0.2) is 42.5 Å². The Balaban J connectivity index is 2.06. The van der Waals surface area contributed by atoms with Crippen LogP contribution in [-0.4, -0.2) is 11.7 Å². The lowest BCUT2D eigenvalue weighted by atomic mass is 10.2. The van der Waals surface area contributed by atoms with Gasteiger partial charge in [0, 0.05) is 17.3 Å². The molecular formula is C17H20ClN3S. The van der Waals surface area contributed by atoms with Crippen molar-refractivity contribution in [2.45, 2.75) is 20.8 Å². The Hall–Kier alpha value is -1.78. The fourth-order valence-electron chi connectivity index (χ4n) is 2.07. The summed E-state index contributed by atoms with van der Waals surface area (Å²) in [5, 5.41) is 6.44. The molecule has 0 spiro atoms. The zero-order chi connectivity index (χ0) is 16.1. The second-order valence-corrected chi connectivity index (χ2v) is 5.87. The van der Waals surface area contributed by atoms with Gasteiger partial charge in [0.1, 0.15) is 0 Å². The monoisotopic (exact) mass is 333 g/mol. The Morgan fingerprint density at radius 1 is 1.14 bits per heavy atom. The zero-order valence-electron chi connectivity index (χ0n) is 13.0. The maximum Gasteiger partial charge on any atom is 0.189 e. The van der Waals surface area contributed by atoms with E-state index < -0.39 is 0 Å². The molecule has 2 N–H and O–H groups in total. The highest BCUT2D eigenvalue weighted by atomic mass is 35.5. The number of nitrogens with zero attached hydrogens (tertiary/aromatic N) is 1. The molecule has 0 bridgehead atoms. The molecule has 3 nitrogen and oxygen atoms in total. The minimum absolute atomic E-state index is 0.535. The third-order valence-corrected chi connectivity index (χ3v) is 4.02. The normalized spacial score (nSPS) is 10.2. The van der Waals surface area contributed by atoms with Gasteiger partial charge in [-0.25, -0.2) is 0 Å². The maximum absolute atomic E-state index is 6.13. The van der Waals surface area contributed by atoms with Gasteiger partial charge in [-0.15, -0.1) is 0 Å².